The fraction of sp³-hybridized carbons (Fsp3) is 0.393. The lowest BCUT2D eigenvalue weighted by Gasteiger charge is -2.28. The molecule has 0 spiro atoms. The zero-order valence-electron chi connectivity index (χ0n) is 21.3. The number of amides is 1. The molecular formula is C28H34N6O2. The number of nitrogens with zero attached hydrogens (tertiary/aromatic N) is 5. The lowest BCUT2D eigenvalue weighted by Crippen LogP contribution is -2.32. The highest BCUT2D eigenvalue weighted by atomic mass is 16.4. The third-order valence-corrected chi connectivity index (χ3v) is 6.98. The van der Waals surface area contributed by atoms with Crippen molar-refractivity contribution in [3.05, 3.63) is 66.2 Å². The number of benzene rings is 2. The van der Waals surface area contributed by atoms with Crippen LogP contribution in [0.2, 0.25) is 0 Å². The molecule has 188 valence electrons. The van der Waals surface area contributed by atoms with Crippen LogP contribution in [0.5, 0.6) is 0 Å². The Balaban J connectivity index is 1.27. The molecule has 1 saturated heterocycles. The molecule has 4 aromatic rings. The van der Waals surface area contributed by atoms with Crippen LogP contribution in [0.15, 0.2) is 59.1 Å². The summed E-state index contributed by atoms with van der Waals surface area (Å²) in [5, 5.41) is 12.7. The maximum absolute atomic E-state index is 12.8. The number of para-hydroxylation sites is 1. The van der Waals surface area contributed by atoms with Crippen molar-refractivity contribution in [1.29, 1.82) is 0 Å². The molecule has 1 fully saturated rings. The maximum atomic E-state index is 12.8. The van der Waals surface area contributed by atoms with E-state index >= 15 is 0 Å². The van der Waals surface area contributed by atoms with Crippen LogP contribution < -0.4 is 10.2 Å². The normalized spacial score (nSPS) is 14.9. The molecule has 5 rings (SSSR count). The summed E-state index contributed by atoms with van der Waals surface area (Å²) in [6.07, 6.45) is 4.35. The molecule has 0 unspecified atom stereocenters. The first-order chi connectivity index (χ1) is 17.5. The summed E-state index contributed by atoms with van der Waals surface area (Å²) in [6, 6.07) is 16.2. The summed E-state index contributed by atoms with van der Waals surface area (Å²) in [5.41, 5.74) is 4.01. The molecule has 0 saturated carbocycles. The molecule has 1 aliphatic rings. The number of nitrogens with one attached hydrogen (secondary N) is 1. The second-order valence-electron chi connectivity index (χ2n) is 9.99. The summed E-state index contributed by atoms with van der Waals surface area (Å²) in [6.45, 7) is 5.81. The second-order valence-corrected chi connectivity index (χ2v) is 9.99. The predicted octanol–water partition coefficient (Wildman–Crippen LogP) is 4.31. The van der Waals surface area contributed by atoms with E-state index in [4.69, 9.17) is 4.42 Å². The van der Waals surface area contributed by atoms with Crippen LogP contribution in [0.25, 0.3) is 22.4 Å². The van der Waals surface area contributed by atoms with Gasteiger partial charge in [-0.25, -0.2) is 0 Å². The topological polar surface area (TPSA) is 79.4 Å². The van der Waals surface area contributed by atoms with E-state index in [1.807, 2.05) is 61.3 Å². The van der Waals surface area contributed by atoms with E-state index in [9.17, 15) is 4.79 Å². The zero-order valence-corrected chi connectivity index (χ0v) is 21.3. The minimum Gasteiger partial charge on any atom is -0.419 e. The van der Waals surface area contributed by atoms with E-state index in [2.05, 4.69) is 44.4 Å². The Morgan fingerprint density at radius 2 is 1.83 bits per heavy atom. The molecule has 0 radical (unpaired) electrons. The molecule has 1 N–H and O–H groups in total. The summed E-state index contributed by atoms with van der Waals surface area (Å²) >= 11 is 0. The third kappa shape index (κ3) is 5.44. The fourth-order valence-electron chi connectivity index (χ4n) is 4.71. The fourth-order valence-corrected chi connectivity index (χ4v) is 4.71. The SMILES string of the molecule is CC1CCN(Cc2nnc(-c3cn(CC(=O)NCc4ccc(N(C)C)cc4)c4ccccc34)o2)CC1. The lowest BCUT2D eigenvalue weighted by atomic mass is 9.99. The Bertz CT molecular complexity index is 1320. The Kier molecular flexibility index (Phi) is 7.04. The van der Waals surface area contributed by atoms with E-state index in [0.717, 1.165) is 46.7 Å². The monoisotopic (exact) mass is 486 g/mol. The molecule has 1 amide bonds. The summed E-state index contributed by atoms with van der Waals surface area (Å²) in [4.78, 5) is 17.2. The number of fused-ring (bicyclic) bond motifs is 1. The van der Waals surface area contributed by atoms with Crippen molar-refractivity contribution in [2.75, 3.05) is 32.1 Å². The minimum absolute atomic E-state index is 0.0514. The number of aromatic nitrogens is 3. The number of hydrogen-bond acceptors (Lipinski definition) is 6. The molecule has 0 aliphatic carbocycles. The highest BCUT2D eigenvalue weighted by Gasteiger charge is 2.20. The molecule has 0 atom stereocenters. The number of carbonyl (C=O) groups excluding carboxylic acids is 1. The van der Waals surface area contributed by atoms with Gasteiger partial charge in [-0.3, -0.25) is 9.69 Å². The number of piperidine rings is 1. The molecule has 2 aromatic heterocycles. The van der Waals surface area contributed by atoms with Crippen molar-refractivity contribution in [3.8, 4) is 11.5 Å². The lowest BCUT2D eigenvalue weighted by molar-refractivity contribution is -0.121. The van der Waals surface area contributed by atoms with Gasteiger partial charge >= 0.3 is 0 Å². The number of carbonyl (C=O) groups is 1. The minimum atomic E-state index is -0.0514. The highest BCUT2D eigenvalue weighted by molar-refractivity contribution is 5.94. The first-order valence-corrected chi connectivity index (χ1v) is 12.6. The molecular weight excluding hydrogens is 452 g/mol. The molecule has 2 aromatic carbocycles. The van der Waals surface area contributed by atoms with E-state index < -0.39 is 0 Å². The van der Waals surface area contributed by atoms with E-state index in [1.165, 1.54) is 12.8 Å². The Morgan fingerprint density at radius 3 is 2.58 bits per heavy atom. The summed E-state index contributed by atoms with van der Waals surface area (Å²) in [7, 11) is 4.02. The smallest absolute Gasteiger partial charge is 0.249 e. The van der Waals surface area contributed by atoms with Gasteiger partial charge in [0.2, 0.25) is 17.7 Å². The largest absolute Gasteiger partial charge is 0.419 e. The standard InChI is InChI=1S/C28H34N6O2/c1-20-12-14-33(15-13-20)19-27-30-31-28(36-27)24-17-34(25-7-5-4-6-23(24)25)18-26(35)29-16-21-8-10-22(11-9-21)32(2)3/h4-11,17,20H,12-16,18-19H2,1-3H3,(H,29,35). The predicted molar refractivity (Wildman–Crippen MR) is 142 cm³/mol. The number of anilines is 1. The number of rotatable bonds is 8. The van der Waals surface area contributed by atoms with Crippen LogP contribution in [-0.2, 0) is 24.4 Å². The molecule has 36 heavy (non-hydrogen) atoms. The van der Waals surface area contributed by atoms with E-state index in [0.29, 0.717) is 24.9 Å². The average Bonchev–Trinajstić information content (AvgIpc) is 3.49. The van der Waals surface area contributed by atoms with Gasteiger partial charge in [0, 0.05) is 43.4 Å². The van der Waals surface area contributed by atoms with Gasteiger partial charge in [-0.05, 0) is 55.6 Å². The molecule has 8 nitrogen and oxygen atoms in total. The van der Waals surface area contributed by atoms with Gasteiger partial charge in [0.1, 0.15) is 6.54 Å². The van der Waals surface area contributed by atoms with Crippen LogP contribution in [0.3, 0.4) is 0 Å². The highest BCUT2D eigenvalue weighted by Crippen LogP contribution is 2.30. The Hall–Kier alpha value is -3.65. The summed E-state index contributed by atoms with van der Waals surface area (Å²) < 4.78 is 8.03. The quantitative estimate of drug-likeness (QED) is 0.400. The van der Waals surface area contributed by atoms with Gasteiger partial charge in [-0.2, -0.15) is 0 Å². The van der Waals surface area contributed by atoms with Crippen LogP contribution in [0, 0.1) is 5.92 Å². The number of likely N-dealkylation sites (tertiary alicyclic amines) is 1. The zero-order chi connectivity index (χ0) is 25.1. The molecule has 8 heteroatoms. The molecule has 1 aliphatic heterocycles. The first-order valence-electron chi connectivity index (χ1n) is 12.6. The van der Waals surface area contributed by atoms with Gasteiger partial charge in [0.15, 0.2) is 0 Å². The molecule has 3 heterocycles. The van der Waals surface area contributed by atoms with Crippen molar-refractivity contribution in [2.24, 2.45) is 5.92 Å². The average molecular weight is 487 g/mol. The molecule has 0 bridgehead atoms. The van der Waals surface area contributed by atoms with Gasteiger partial charge in [-0.15, -0.1) is 10.2 Å². The number of hydrogen-bond donors (Lipinski definition) is 1. The maximum Gasteiger partial charge on any atom is 0.249 e. The van der Waals surface area contributed by atoms with Crippen molar-refractivity contribution < 1.29 is 9.21 Å². The van der Waals surface area contributed by atoms with Gasteiger partial charge in [-0.1, -0.05) is 37.3 Å². The first kappa shape index (κ1) is 24.1. The Labute approximate surface area is 211 Å². The van der Waals surface area contributed by atoms with Crippen molar-refractivity contribution in [3.63, 3.8) is 0 Å². The van der Waals surface area contributed by atoms with Crippen LogP contribution in [0.1, 0.15) is 31.2 Å². The van der Waals surface area contributed by atoms with Crippen LogP contribution in [-0.4, -0.2) is 52.8 Å². The van der Waals surface area contributed by atoms with Crippen molar-refractivity contribution in [1.82, 2.24) is 25.0 Å². The van der Waals surface area contributed by atoms with Gasteiger partial charge in [0.25, 0.3) is 0 Å². The Morgan fingerprint density at radius 1 is 1.08 bits per heavy atom. The summed E-state index contributed by atoms with van der Waals surface area (Å²) in [5.74, 6) is 1.86. The third-order valence-electron chi connectivity index (χ3n) is 6.98. The van der Waals surface area contributed by atoms with Crippen LogP contribution >= 0.6 is 0 Å². The van der Waals surface area contributed by atoms with Crippen molar-refractivity contribution >= 4 is 22.5 Å². The van der Waals surface area contributed by atoms with Gasteiger partial charge in [0.05, 0.1) is 12.1 Å². The second kappa shape index (κ2) is 10.5. The van der Waals surface area contributed by atoms with Crippen LogP contribution in [0.4, 0.5) is 5.69 Å². The van der Waals surface area contributed by atoms with E-state index in [1.54, 1.807) is 0 Å². The van der Waals surface area contributed by atoms with Crippen molar-refractivity contribution in [2.45, 2.75) is 39.4 Å². The van der Waals surface area contributed by atoms with Gasteiger partial charge < -0.3 is 19.2 Å². The van der Waals surface area contributed by atoms with E-state index in [-0.39, 0.29) is 12.5 Å².